The molecule has 0 spiro atoms. The number of rotatable bonds is 2. The second-order valence-electron chi connectivity index (χ2n) is 5.46. The molecule has 0 amide bonds. The number of halogens is 1. The molecule has 1 aromatic heterocycles. The molecule has 102 valence electrons. The average Bonchev–Trinajstić information content (AvgIpc) is 2.68. The highest BCUT2D eigenvalue weighted by molar-refractivity contribution is 14.1. The maximum atomic E-state index is 5.80. The molecule has 1 aromatic carbocycles. The van der Waals surface area contributed by atoms with Gasteiger partial charge < -0.3 is 10.5 Å². The van der Waals surface area contributed by atoms with E-state index in [0.717, 1.165) is 20.6 Å². The topological polar surface area (TPSA) is 63.9 Å². The molecule has 0 fully saturated rings. The number of methoxy groups -OCH3 is 1. The first kappa shape index (κ1) is 14.2. The zero-order chi connectivity index (χ0) is 14.2. The van der Waals surface area contributed by atoms with Crippen molar-refractivity contribution in [2.24, 2.45) is 0 Å². The first-order chi connectivity index (χ1) is 8.84. The van der Waals surface area contributed by atoms with E-state index in [0.29, 0.717) is 5.82 Å². The maximum Gasteiger partial charge on any atom is 0.159 e. The van der Waals surface area contributed by atoms with Gasteiger partial charge in [-0.2, -0.15) is 5.10 Å². The number of nitrogens with zero attached hydrogens (tertiary/aromatic N) is 1. The van der Waals surface area contributed by atoms with E-state index >= 15 is 0 Å². The van der Waals surface area contributed by atoms with Crippen LogP contribution >= 0.6 is 22.6 Å². The van der Waals surface area contributed by atoms with Gasteiger partial charge in [-0.15, -0.1) is 0 Å². The number of aromatic nitrogens is 2. The summed E-state index contributed by atoms with van der Waals surface area (Å²) in [6, 6.07) is 6.21. The van der Waals surface area contributed by atoms with E-state index in [2.05, 4.69) is 65.7 Å². The fraction of sp³-hybridized carbons (Fsp3) is 0.357. The van der Waals surface area contributed by atoms with Crippen LogP contribution in [0.25, 0.3) is 11.3 Å². The summed E-state index contributed by atoms with van der Waals surface area (Å²) in [5.74, 6) is 1.33. The highest BCUT2D eigenvalue weighted by Gasteiger charge is 2.19. The van der Waals surface area contributed by atoms with E-state index in [4.69, 9.17) is 10.5 Å². The molecule has 0 unspecified atom stereocenters. The van der Waals surface area contributed by atoms with Crippen LogP contribution in [0.1, 0.15) is 26.3 Å². The first-order valence-corrected chi connectivity index (χ1v) is 7.10. The van der Waals surface area contributed by atoms with Gasteiger partial charge in [-0.1, -0.05) is 26.8 Å². The van der Waals surface area contributed by atoms with Crippen LogP contribution in [0.4, 0.5) is 5.82 Å². The Morgan fingerprint density at radius 1 is 1.32 bits per heavy atom. The molecule has 0 radical (unpaired) electrons. The van der Waals surface area contributed by atoms with Crippen molar-refractivity contribution >= 4 is 28.4 Å². The summed E-state index contributed by atoms with van der Waals surface area (Å²) in [6.07, 6.45) is 0. The van der Waals surface area contributed by atoms with Gasteiger partial charge in [0.15, 0.2) is 5.82 Å². The van der Waals surface area contributed by atoms with Crippen molar-refractivity contribution in [1.82, 2.24) is 10.2 Å². The van der Waals surface area contributed by atoms with Crippen LogP contribution in [0, 0.1) is 3.57 Å². The van der Waals surface area contributed by atoms with Gasteiger partial charge in [0.2, 0.25) is 0 Å². The predicted octanol–water partition coefficient (Wildman–Crippen LogP) is 3.57. The molecule has 0 atom stereocenters. The zero-order valence-electron chi connectivity index (χ0n) is 11.5. The van der Waals surface area contributed by atoms with Gasteiger partial charge in [-0.25, -0.2) is 0 Å². The number of benzene rings is 1. The number of H-pyrrole nitrogens is 1. The van der Waals surface area contributed by atoms with E-state index in [-0.39, 0.29) is 5.41 Å². The molecule has 1 heterocycles. The van der Waals surface area contributed by atoms with E-state index in [9.17, 15) is 0 Å². The SMILES string of the molecule is COc1ccc(C(C)(C)C)cc1-c1[nH]nc(N)c1I. The molecule has 19 heavy (non-hydrogen) atoms. The number of hydrogen-bond acceptors (Lipinski definition) is 3. The number of nitrogens with one attached hydrogen (secondary N) is 1. The zero-order valence-corrected chi connectivity index (χ0v) is 13.7. The Morgan fingerprint density at radius 3 is 2.47 bits per heavy atom. The number of nitrogens with two attached hydrogens (primary N) is 1. The molecular formula is C14H18IN3O. The monoisotopic (exact) mass is 371 g/mol. The predicted molar refractivity (Wildman–Crippen MR) is 86.4 cm³/mol. The molecule has 2 rings (SSSR count). The second-order valence-corrected chi connectivity index (χ2v) is 6.54. The summed E-state index contributed by atoms with van der Waals surface area (Å²) in [4.78, 5) is 0. The Morgan fingerprint density at radius 2 is 2.00 bits per heavy atom. The van der Waals surface area contributed by atoms with Gasteiger partial charge in [-0.3, -0.25) is 5.10 Å². The summed E-state index contributed by atoms with van der Waals surface area (Å²) in [7, 11) is 1.67. The molecule has 0 aliphatic heterocycles. The Kier molecular flexibility index (Phi) is 3.75. The number of hydrogen-bond donors (Lipinski definition) is 2. The number of ether oxygens (including phenoxy) is 1. The number of anilines is 1. The molecule has 4 nitrogen and oxygen atoms in total. The van der Waals surface area contributed by atoms with Gasteiger partial charge in [0.1, 0.15) is 5.75 Å². The average molecular weight is 371 g/mol. The van der Waals surface area contributed by atoms with Crippen molar-refractivity contribution in [3.05, 3.63) is 27.3 Å². The van der Waals surface area contributed by atoms with Crippen LogP contribution in [-0.2, 0) is 5.41 Å². The van der Waals surface area contributed by atoms with Crippen molar-refractivity contribution in [2.75, 3.05) is 12.8 Å². The van der Waals surface area contributed by atoms with Crippen molar-refractivity contribution in [3.8, 4) is 17.0 Å². The minimum absolute atomic E-state index is 0.0814. The van der Waals surface area contributed by atoms with Crippen LogP contribution in [0.3, 0.4) is 0 Å². The van der Waals surface area contributed by atoms with Crippen molar-refractivity contribution < 1.29 is 4.74 Å². The van der Waals surface area contributed by atoms with Gasteiger partial charge in [-0.05, 0) is 45.7 Å². The molecule has 3 N–H and O–H groups in total. The highest BCUT2D eigenvalue weighted by atomic mass is 127. The summed E-state index contributed by atoms with van der Waals surface area (Å²) in [6.45, 7) is 6.56. The minimum Gasteiger partial charge on any atom is -0.496 e. The van der Waals surface area contributed by atoms with E-state index < -0.39 is 0 Å². The summed E-state index contributed by atoms with van der Waals surface area (Å²) >= 11 is 2.19. The third kappa shape index (κ3) is 2.70. The lowest BCUT2D eigenvalue weighted by Gasteiger charge is -2.21. The third-order valence-corrected chi connectivity index (χ3v) is 4.16. The summed E-state index contributed by atoms with van der Waals surface area (Å²) in [5, 5.41) is 7.03. The Labute approximate surface area is 126 Å². The Balaban J connectivity index is 2.63. The largest absolute Gasteiger partial charge is 0.496 e. The fourth-order valence-electron chi connectivity index (χ4n) is 1.89. The van der Waals surface area contributed by atoms with Crippen molar-refractivity contribution in [2.45, 2.75) is 26.2 Å². The molecule has 2 aromatic rings. The van der Waals surface area contributed by atoms with Gasteiger partial charge >= 0.3 is 0 Å². The third-order valence-electron chi connectivity index (χ3n) is 3.07. The van der Waals surface area contributed by atoms with Gasteiger partial charge in [0, 0.05) is 5.56 Å². The number of aromatic amines is 1. The normalized spacial score (nSPS) is 11.6. The molecule has 0 saturated heterocycles. The van der Waals surface area contributed by atoms with E-state index in [1.807, 2.05) is 6.07 Å². The molecular weight excluding hydrogens is 353 g/mol. The Bertz CT molecular complexity index is 599. The van der Waals surface area contributed by atoms with Crippen LogP contribution in [0.5, 0.6) is 5.75 Å². The molecule has 0 aliphatic carbocycles. The Hall–Kier alpha value is -1.24. The standard InChI is InChI=1S/C14H18IN3O/c1-14(2,3)8-5-6-10(19-4)9(7-8)12-11(15)13(16)18-17-12/h5-7H,1-4H3,(H3,16,17,18). The van der Waals surface area contributed by atoms with E-state index in [1.165, 1.54) is 5.56 Å². The molecule has 5 heteroatoms. The first-order valence-electron chi connectivity index (χ1n) is 6.03. The van der Waals surface area contributed by atoms with E-state index in [1.54, 1.807) is 7.11 Å². The second kappa shape index (κ2) is 5.03. The van der Waals surface area contributed by atoms with Crippen molar-refractivity contribution in [3.63, 3.8) is 0 Å². The van der Waals surface area contributed by atoms with Gasteiger partial charge in [0.05, 0.1) is 16.4 Å². The van der Waals surface area contributed by atoms with Crippen molar-refractivity contribution in [1.29, 1.82) is 0 Å². The summed E-state index contributed by atoms with van der Waals surface area (Å²) < 4.78 is 6.36. The quantitative estimate of drug-likeness (QED) is 0.794. The smallest absolute Gasteiger partial charge is 0.159 e. The lowest BCUT2D eigenvalue weighted by atomic mass is 9.85. The van der Waals surface area contributed by atoms with Crippen LogP contribution in [0.15, 0.2) is 18.2 Å². The van der Waals surface area contributed by atoms with Crippen LogP contribution in [0.2, 0.25) is 0 Å². The lowest BCUT2D eigenvalue weighted by molar-refractivity contribution is 0.415. The highest BCUT2D eigenvalue weighted by Crippen LogP contribution is 2.36. The minimum atomic E-state index is 0.0814. The summed E-state index contributed by atoms with van der Waals surface area (Å²) in [5.41, 5.74) is 9.02. The molecule has 0 saturated carbocycles. The van der Waals surface area contributed by atoms with Crippen LogP contribution in [-0.4, -0.2) is 17.3 Å². The van der Waals surface area contributed by atoms with Crippen LogP contribution < -0.4 is 10.5 Å². The fourth-order valence-corrected chi connectivity index (χ4v) is 2.42. The number of nitrogen functional groups attached to an aromatic ring is 1. The molecule has 0 aliphatic rings. The van der Waals surface area contributed by atoms with Gasteiger partial charge in [0.25, 0.3) is 0 Å². The molecule has 0 bridgehead atoms. The lowest BCUT2D eigenvalue weighted by Crippen LogP contribution is -2.11. The maximum absolute atomic E-state index is 5.80.